The third-order valence-corrected chi connectivity index (χ3v) is 5.06. The maximum absolute atomic E-state index is 3.85. The number of hydrogen-bond acceptors (Lipinski definition) is 2. The summed E-state index contributed by atoms with van der Waals surface area (Å²) in [7, 11) is 0. The van der Waals surface area contributed by atoms with E-state index < -0.39 is 0 Å². The maximum Gasteiger partial charge on any atom is 0.00916 e. The third kappa shape index (κ3) is 3.45. The van der Waals surface area contributed by atoms with Crippen molar-refractivity contribution in [2.75, 3.05) is 26.2 Å². The lowest BCUT2D eigenvalue weighted by molar-refractivity contribution is 0.109. The summed E-state index contributed by atoms with van der Waals surface area (Å²) in [6, 6.07) is 0.798. The Morgan fingerprint density at radius 1 is 1.18 bits per heavy atom. The largest absolute Gasteiger partial charge is 0.313 e. The Hall–Kier alpha value is -0.0800. The second kappa shape index (κ2) is 6.19. The summed E-state index contributed by atoms with van der Waals surface area (Å²) in [4.78, 5) is 2.62. The first-order valence-corrected chi connectivity index (χ1v) is 7.74. The Morgan fingerprint density at radius 2 is 1.88 bits per heavy atom. The summed E-state index contributed by atoms with van der Waals surface area (Å²) >= 11 is 0. The first-order chi connectivity index (χ1) is 8.28. The second-order valence-electron chi connectivity index (χ2n) is 6.20. The van der Waals surface area contributed by atoms with Crippen molar-refractivity contribution in [3.8, 4) is 0 Å². The molecule has 2 heteroatoms. The molecule has 1 aliphatic heterocycles. The lowest BCUT2D eigenvalue weighted by Gasteiger charge is -2.43. The van der Waals surface area contributed by atoms with Gasteiger partial charge >= 0.3 is 0 Å². The third-order valence-electron chi connectivity index (χ3n) is 5.06. The van der Waals surface area contributed by atoms with Crippen LogP contribution >= 0.6 is 0 Å². The van der Waals surface area contributed by atoms with Crippen LogP contribution in [0.25, 0.3) is 0 Å². The highest BCUT2D eigenvalue weighted by atomic mass is 15.1. The summed E-state index contributed by atoms with van der Waals surface area (Å²) in [5.41, 5.74) is 0.681. The molecule has 0 radical (unpaired) electrons. The first kappa shape index (κ1) is 13.4. The van der Waals surface area contributed by atoms with Gasteiger partial charge in [0.25, 0.3) is 0 Å². The molecule has 0 aromatic carbocycles. The van der Waals surface area contributed by atoms with Gasteiger partial charge in [-0.1, -0.05) is 20.3 Å². The highest BCUT2D eigenvalue weighted by Crippen LogP contribution is 2.43. The van der Waals surface area contributed by atoms with E-state index in [-0.39, 0.29) is 0 Å². The molecular weight excluding hydrogens is 208 g/mol. The van der Waals surface area contributed by atoms with E-state index in [1.165, 1.54) is 71.1 Å². The van der Waals surface area contributed by atoms with Crippen molar-refractivity contribution in [2.24, 2.45) is 5.41 Å². The van der Waals surface area contributed by atoms with Gasteiger partial charge in [0.1, 0.15) is 0 Å². The van der Waals surface area contributed by atoms with Crippen molar-refractivity contribution in [3.63, 3.8) is 0 Å². The van der Waals surface area contributed by atoms with E-state index in [0.29, 0.717) is 5.41 Å². The van der Waals surface area contributed by atoms with Crippen molar-refractivity contribution in [1.82, 2.24) is 10.2 Å². The molecule has 1 heterocycles. The smallest absolute Gasteiger partial charge is 0.00916 e. The zero-order valence-corrected chi connectivity index (χ0v) is 11.8. The van der Waals surface area contributed by atoms with E-state index in [1.54, 1.807) is 0 Å². The lowest BCUT2D eigenvalue weighted by Crippen LogP contribution is -2.47. The molecule has 0 atom stereocenters. The van der Waals surface area contributed by atoms with Crippen LogP contribution in [0.3, 0.4) is 0 Å². The number of nitrogens with one attached hydrogen (secondary N) is 1. The molecule has 0 unspecified atom stereocenters. The summed E-state index contributed by atoms with van der Waals surface area (Å²) in [5, 5.41) is 3.85. The maximum atomic E-state index is 3.85. The summed E-state index contributed by atoms with van der Waals surface area (Å²) in [6.45, 7) is 9.85. The molecule has 2 aliphatic rings. The SMILES string of the molecule is CCCN1CCC(NCC2(CC)CCC2)CC1. The average Bonchev–Trinajstić information content (AvgIpc) is 2.31. The quantitative estimate of drug-likeness (QED) is 0.765. The van der Waals surface area contributed by atoms with Gasteiger partial charge in [-0.05, 0) is 63.6 Å². The van der Waals surface area contributed by atoms with Gasteiger partial charge < -0.3 is 10.2 Å². The molecule has 1 saturated carbocycles. The molecule has 1 saturated heterocycles. The van der Waals surface area contributed by atoms with Crippen molar-refractivity contribution in [3.05, 3.63) is 0 Å². The Bertz CT molecular complexity index is 209. The van der Waals surface area contributed by atoms with Crippen molar-refractivity contribution < 1.29 is 0 Å². The molecule has 17 heavy (non-hydrogen) atoms. The van der Waals surface area contributed by atoms with Crippen LogP contribution < -0.4 is 5.32 Å². The molecule has 1 aliphatic carbocycles. The summed E-state index contributed by atoms with van der Waals surface area (Å²) in [6.07, 6.45) is 9.78. The minimum atomic E-state index is 0.681. The van der Waals surface area contributed by atoms with Crippen LogP contribution in [0.4, 0.5) is 0 Å². The Balaban J connectivity index is 1.64. The van der Waals surface area contributed by atoms with Crippen molar-refractivity contribution in [2.45, 2.75) is 64.8 Å². The average molecular weight is 238 g/mol. The van der Waals surface area contributed by atoms with Gasteiger partial charge in [-0.15, -0.1) is 0 Å². The molecule has 100 valence electrons. The minimum Gasteiger partial charge on any atom is -0.313 e. The monoisotopic (exact) mass is 238 g/mol. The number of nitrogens with zero attached hydrogens (tertiary/aromatic N) is 1. The molecule has 2 fully saturated rings. The van der Waals surface area contributed by atoms with Crippen LogP contribution in [0.5, 0.6) is 0 Å². The highest BCUT2D eigenvalue weighted by molar-refractivity contribution is 4.90. The summed E-state index contributed by atoms with van der Waals surface area (Å²) < 4.78 is 0. The standard InChI is InChI=1S/C15H30N2/c1-3-10-17-11-6-14(7-12-17)16-13-15(4-2)8-5-9-15/h14,16H,3-13H2,1-2H3. The van der Waals surface area contributed by atoms with Gasteiger partial charge in [-0.2, -0.15) is 0 Å². The topological polar surface area (TPSA) is 15.3 Å². The molecule has 1 N–H and O–H groups in total. The Morgan fingerprint density at radius 3 is 2.35 bits per heavy atom. The zero-order chi connectivity index (χ0) is 12.1. The normalized spacial score (nSPS) is 25.8. The predicted molar refractivity (Wildman–Crippen MR) is 74.3 cm³/mol. The van der Waals surface area contributed by atoms with Gasteiger partial charge in [-0.3, -0.25) is 0 Å². The van der Waals surface area contributed by atoms with Gasteiger partial charge in [0, 0.05) is 12.6 Å². The number of likely N-dealkylation sites (tertiary alicyclic amines) is 1. The fraction of sp³-hybridized carbons (Fsp3) is 1.00. The zero-order valence-electron chi connectivity index (χ0n) is 11.8. The number of piperidine rings is 1. The van der Waals surface area contributed by atoms with Crippen molar-refractivity contribution in [1.29, 1.82) is 0 Å². The minimum absolute atomic E-state index is 0.681. The van der Waals surface area contributed by atoms with Gasteiger partial charge in [-0.25, -0.2) is 0 Å². The highest BCUT2D eigenvalue weighted by Gasteiger charge is 2.35. The van der Waals surface area contributed by atoms with Crippen LogP contribution in [0.1, 0.15) is 58.8 Å². The van der Waals surface area contributed by atoms with E-state index in [4.69, 9.17) is 0 Å². The van der Waals surface area contributed by atoms with E-state index in [1.807, 2.05) is 0 Å². The molecular formula is C15H30N2. The second-order valence-corrected chi connectivity index (χ2v) is 6.20. The fourth-order valence-electron chi connectivity index (χ4n) is 3.37. The fourth-order valence-corrected chi connectivity index (χ4v) is 3.37. The predicted octanol–water partition coefficient (Wildman–Crippen LogP) is 3.03. The molecule has 0 aromatic heterocycles. The van der Waals surface area contributed by atoms with Crippen LogP contribution in [0.2, 0.25) is 0 Å². The van der Waals surface area contributed by atoms with Gasteiger partial charge in [0.2, 0.25) is 0 Å². The van der Waals surface area contributed by atoms with Crippen molar-refractivity contribution >= 4 is 0 Å². The van der Waals surface area contributed by atoms with E-state index >= 15 is 0 Å². The van der Waals surface area contributed by atoms with E-state index in [0.717, 1.165) is 6.04 Å². The van der Waals surface area contributed by atoms with Crippen LogP contribution in [0.15, 0.2) is 0 Å². The lowest BCUT2D eigenvalue weighted by atomic mass is 9.67. The molecule has 0 amide bonds. The van der Waals surface area contributed by atoms with E-state index in [9.17, 15) is 0 Å². The molecule has 2 rings (SSSR count). The number of hydrogen-bond donors (Lipinski definition) is 1. The molecule has 0 spiro atoms. The molecule has 0 aromatic rings. The summed E-state index contributed by atoms with van der Waals surface area (Å²) in [5.74, 6) is 0. The molecule has 2 nitrogen and oxygen atoms in total. The van der Waals surface area contributed by atoms with Crippen LogP contribution in [0, 0.1) is 5.41 Å². The Kier molecular flexibility index (Phi) is 4.87. The van der Waals surface area contributed by atoms with Crippen LogP contribution in [-0.2, 0) is 0 Å². The van der Waals surface area contributed by atoms with Gasteiger partial charge in [0.05, 0.1) is 0 Å². The Labute approximate surface area is 107 Å². The van der Waals surface area contributed by atoms with Crippen LogP contribution in [-0.4, -0.2) is 37.1 Å². The van der Waals surface area contributed by atoms with Gasteiger partial charge in [0.15, 0.2) is 0 Å². The van der Waals surface area contributed by atoms with E-state index in [2.05, 4.69) is 24.1 Å². The first-order valence-electron chi connectivity index (χ1n) is 7.74. The molecule has 0 bridgehead atoms. The number of rotatable bonds is 6.